The van der Waals surface area contributed by atoms with E-state index in [9.17, 15) is 4.79 Å². The number of carboxylic acid groups (broad SMARTS) is 1. The summed E-state index contributed by atoms with van der Waals surface area (Å²) in [5, 5.41) is 8.62. The molecule has 0 radical (unpaired) electrons. The molecule has 1 aromatic carbocycles. The first-order chi connectivity index (χ1) is 8.15. The highest BCUT2D eigenvalue weighted by Gasteiger charge is 2.05. The molecule has 0 bridgehead atoms. The minimum atomic E-state index is -0.808. The monoisotopic (exact) mass is 239 g/mol. The average Bonchev–Trinajstić information content (AvgIpc) is 2.36. The first kappa shape index (κ1) is 18.0. The molecule has 3 nitrogen and oxygen atoms in total. The Bertz CT molecular complexity index is 322. The number of carboxylic acids is 1. The minimum Gasteiger partial charge on any atom is -0.481 e. The Morgan fingerprint density at radius 1 is 1.18 bits per heavy atom. The predicted molar refractivity (Wildman–Crippen MR) is 73.1 cm³/mol. The van der Waals surface area contributed by atoms with Gasteiger partial charge in [0.15, 0.2) is 0 Å². The molecule has 0 unspecified atom stereocenters. The van der Waals surface area contributed by atoms with Gasteiger partial charge in [-0.15, -0.1) is 0 Å². The van der Waals surface area contributed by atoms with Crippen LogP contribution in [0.3, 0.4) is 0 Å². The lowest BCUT2D eigenvalue weighted by atomic mass is 10.0. The van der Waals surface area contributed by atoms with Crippen LogP contribution in [0.15, 0.2) is 18.2 Å². The molecule has 0 aliphatic rings. The van der Waals surface area contributed by atoms with Crippen molar-refractivity contribution in [2.75, 3.05) is 0 Å². The van der Waals surface area contributed by atoms with Crippen LogP contribution >= 0.6 is 0 Å². The van der Waals surface area contributed by atoms with E-state index in [1.165, 1.54) is 0 Å². The van der Waals surface area contributed by atoms with Gasteiger partial charge in [-0.25, -0.2) is 0 Å². The van der Waals surface area contributed by atoms with Crippen molar-refractivity contribution < 1.29 is 9.90 Å². The zero-order valence-electron chi connectivity index (χ0n) is 11.6. The van der Waals surface area contributed by atoms with Crippen molar-refractivity contribution in [1.29, 1.82) is 0 Å². The fourth-order valence-electron chi connectivity index (χ4n) is 1.31. The number of hydrogen-bond donors (Lipinski definition) is 2. The van der Waals surface area contributed by atoms with Crippen LogP contribution in [-0.4, -0.2) is 11.1 Å². The second-order valence-corrected chi connectivity index (χ2v) is 2.98. The van der Waals surface area contributed by atoms with Crippen molar-refractivity contribution >= 4 is 5.97 Å². The molecule has 0 atom stereocenters. The number of benzene rings is 1. The summed E-state index contributed by atoms with van der Waals surface area (Å²) in [6, 6.07) is 5.58. The zero-order valence-corrected chi connectivity index (χ0v) is 11.6. The summed E-state index contributed by atoms with van der Waals surface area (Å²) < 4.78 is 0. The Morgan fingerprint density at radius 2 is 1.65 bits per heavy atom. The number of rotatable bonds is 3. The standard InChI is InChI=1S/C10H13NO2.2C2H6/c1-7-8(5-10(12)13)3-2-4-9(7)6-11;2*1-2/h2-4H,5-6,11H2,1H3,(H,12,13);2*1-2H3. The van der Waals surface area contributed by atoms with Gasteiger partial charge in [0.05, 0.1) is 6.42 Å². The predicted octanol–water partition coefficient (Wildman–Crippen LogP) is 3.13. The van der Waals surface area contributed by atoms with Crippen LogP contribution in [-0.2, 0) is 17.8 Å². The quantitative estimate of drug-likeness (QED) is 0.851. The average molecular weight is 239 g/mol. The van der Waals surface area contributed by atoms with Crippen molar-refractivity contribution in [2.45, 2.75) is 47.6 Å². The van der Waals surface area contributed by atoms with E-state index in [1.807, 2.05) is 52.8 Å². The topological polar surface area (TPSA) is 63.3 Å². The fraction of sp³-hybridized carbons (Fsp3) is 0.500. The maximum absolute atomic E-state index is 10.5. The SMILES string of the molecule is CC.CC.Cc1c(CN)cccc1CC(=O)O. The highest BCUT2D eigenvalue weighted by Crippen LogP contribution is 2.13. The summed E-state index contributed by atoms with van der Waals surface area (Å²) in [5.41, 5.74) is 8.35. The van der Waals surface area contributed by atoms with Crippen LogP contribution < -0.4 is 5.73 Å². The van der Waals surface area contributed by atoms with E-state index >= 15 is 0 Å². The zero-order chi connectivity index (χ0) is 13.8. The highest BCUT2D eigenvalue weighted by molar-refractivity contribution is 5.70. The van der Waals surface area contributed by atoms with Crippen molar-refractivity contribution in [1.82, 2.24) is 0 Å². The molecule has 0 amide bonds. The smallest absolute Gasteiger partial charge is 0.307 e. The Balaban J connectivity index is 0. The van der Waals surface area contributed by atoms with E-state index in [0.29, 0.717) is 6.54 Å². The third-order valence-electron chi connectivity index (χ3n) is 2.12. The summed E-state index contributed by atoms with van der Waals surface area (Å²) in [5.74, 6) is -0.808. The lowest BCUT2D eigenvalue weighted by molar-refractivity contribution is -0.136. The van der Waals surface area contributed by atoms with Gasteiger partial charge in [-0.2, -0.15) is 0 Å². The van der Waals surface area contributed by atoms with Crippen LogP contribution in [0.5, 0.6) is 0 Å². The van der Waals surface area contributed by atoms with Crippen molar-refractivity contribution in [3.05, 3.63) is 34.9 Å². The normalized spacial score (nSPS) is 8.35. The number of carbonyl (C=O) groups is 1. The molecule has 0 saturated heterocycles. The molecule has 17 heavy (non-hydrogen) atoms. The Hall–Kier alpha value is -1.35. The summed E-state index contributed by atoms with van der Waals surface area (Å²) >= 11 is 0. The van der Waals surface area contributed by atoms with Gasteiger partial charge in [0.25, 0.3) is 0 Å². The fourth-order valence-corrected chi connectivity index (χ4v) is 1.31. The van der Waals surface area contributed by atoms with Gasteiger partial charge in [-0.1, -0.05) is 45.9 Å². The summed E-state index contributed by atoms with van der Waals surface area (Å²) in [6.07, 6.45) is 0.0691. The van der Waals surface area contributed by atoms with Crippen LogP contribution in [0.4, 0.5) is 0 Å². The molecule has 0 spiro atoms. The van der Waals surface area contributed by atoms with Gasteiger partial charge < -0.3 is 10.8 Å². The maximum atomic E-state index is 10.5. The molecule has 0 fully saturated rings. The number of nitrogens with two attached hydrogens (primary N) is 1. The molecular formula is C14H25NO2. The minimum absolute atomic E-state index is 0.0691. The van der Waals surface area contributed by atoms with Crippen LogP contribution in [0.2, 0.25) is 0 Å². The summed E-state index contributed by atoms with van der Waals surface area (Å²) in [6.45, 7) is 10.4. The van der Waals surface area contributed by atoms with Crippen LogP contribution in [0.1, 0.15) is 44.4 Å². The first-order valence-electron chi connectivity index (χ1n) is 6.14. The van der Waals surface area contributed by atoms with Gasteiger partial charge >= 0.3 is 5.97 Å². The molecule has 98 valence electrons. The molecule has 3 heteroatoms. The third-order valence-corrected chi connectivity index (χ3v) is 2.12. The first-order valence-corrected chi connectivity index (χ1v) is 6.14. The number of hydrogen-bond acceptors (Lipinski definition) is 2. The molecule has 3 N–H and O–H groups in total. The summed E-state index contributed by atoms with van der Waals surface area (Å²) in [7, 11) is 0. The van der Waals surface area contributed by atoms with E-state index in [2.05, 4.69) is 0 Å². The molecule has 0 aliphatic carbocycles. The molecule has 1 rings (SSSR count). The van der Waals surface area contributed by atoms with Gasteiger partial charge in [0, 0.05) is 6.54 Å². The maximum Gasteiger partial charge on any atom is 0.307 e. The second-order valence-electron chi connectivity index (χ2n) is 2.98. The van der Waals surface area contributed by atoms with E-state index in [4.69, 9.17) is 10.8 Å². The van der Waals surface area contributed by atoms with E-state index < -0.39 is 5.97 Å². The Kier molecular flexibility index (Phi) is 11.8. The molecular weight excluding hydrogens is 214 g/mol. The Labute approximate surface area is 105 Å². The molecule has 0 aromatic heterocycles. The van der Waals surface area contributed by atoms with E-state index in [-0.39, 0.29) is 6.42 Å². The van der Waals surface area contributed by atoms with E-state index in [0.717, 1.165) is 16.7 Å². The van der Waals surface area contributed by atoms with Gasteiger partial charge in [-0.05, 0) is 23.6 Å². The highest BCUT2D eigenvalue weighted by atomic mass is 16.4. The largest absolute Gasteiger partial charge is 0.481 e. The van der Waals surface area contributed by atoms with Crippen molar-refractivity contribution in [3.8, 4) is 0 Å². The van der Waals surface area contributed by atoms with Gasteiger partial charge in [-0.3, -0.25) is 4.79 Å². The third kappa shape index (κ3) is 6.74. The Morgan fingerprint density at radius 3 is 2.06 bits per heavy atom. The van der Waals surface area contributed by atoms with Crippen LogP contribution in [0, 0.1) is 6.92 Å². The van der Waals surface area contributed by atoms with E-state index in [1.54, 1.807) is 0 Å². The van der Waals surface area contributed by atoms with Crippen molar-refractivity contribution in [2.24, 2.45) is 5.73 Å². The molecule has 0 heterocycles. The molecule has 1 aromatic rings. The number of aliphatic carboxylic acids is 1. The molecule has 0 aliphatic heterocycles. The summed E-state index contributed by atoms with van der Waals surface area (Å²) in [4.78, 5) is 10.5. The lowest BCUT2D eigenvalue weighted by Crippen LogP contribution is -2.06. The molecule has 0 saturated carbocycles. The van der Waals surface area contributed by atoms with Crippen LogP contribution in [0.25, 0.3) is 0 Å². The van der Waals surface area contributed by atoms with Gasteiger partial charge in [0.2, 0.25) is 0 Å². The van der Waals surface area contributed by atoms with Gasteiger partial charge in [0.1, 0.15) is 0 Å². The lowest BCUT2D eigenvalue weighted by Gasteiger charge is -2.07. The second kappa shape index (κ2) is 11.1. The van der Waals surface area contributed by atoms with Crippen molar-refractivity contribution in [3.63, 3.8) is 0 Å².